The van der Waals surface area contributed by atoms with Crippen molar-refractivity contribution in [2.24, 2.45) is 5.41 Å². The maximum Gasteiger partial charge on any atom is 0.275 e. The van der Waals surface area contributed by atoms with Gasteiger partial charge >= 0.3 is 0 Å². The topological polar surface area (TPSA) is 80.1 Å². The van der Waals surface area contributed by atoms with Crippen molar-refractivity contribution in [3.8, 4) is 5.75 Å². The second-order valence-corrected chi connectivity index (χ2v) is 11.0. The quantitative estimate of drug-likeness (QED) is 0.370. The van der Waals surface area contributed by atoms with Crippen LogP contribution in [0, 0.1) is 15.5 Å². The fourth-order valence-corrected chi connectivity index (χ4v) is 4.35. The predicted molar refractivity (Wildman–Crippen MR) is 109 cm³/mol. The number of nitrogens with zero attached hydrogens (tertiary/aromatic N) is 1. The fourth-order valence-electron chi connectivity index (χ4n) is 3.40. The maximum atomic E-state index is 11.9. The smallest absolute Gasteiger partial charge is 0.275 e. The molecule has 1 saturated heterocycles. The van der Waals surface area contributed by atoms with Crippen molar-refractivity contribution >= 4 is 14.7 Å². The average molecular weight is 411 g/mol. The zero-order chi connectivity index (χ0) is 21.3. The SMILES string of the molecule is COc1cc(C(O[Si](C)C)C(C)(C)C)c([N+](=O)[O-])cc1CC1COC(C)(C)O1. The Labute approximate surface area is 169 Å². The first-order valence-electron chi connectivity index (χ1n) is 9.48. The first kappa shape index (κ1) is 22.8. The Balaban J connectivity index is 2.48. The van der Waals surface area contributed by atoms with Gasteiger partial charge in [-0.3, -0.25) is 10.1 Å². The van der Waals surface area contributed by atoms with E-state index in [1.165, 1.54) is 0 Å². The van der Waals surface area contributed by atoms with E-state index in [1.54, 1.807) is 19.2 Å². The van der Waals surface area contributed by atoms with E-state index in [9.17, 15) is 10.1 Å². The fraction of sp³-hybridized carbons (Fsp3) is 0.700. The predicted octanol–water partition coefficient (Wildman–Crippen LogP) is 4.65. The molecular formula is C20H32NO6Si. The van der Waals surface area contributed by atoms with Gasteiger partial charge in [0.1, 0.15) is 5.75 Å². The molecule has 1 aromatic rings. The summed E-state index contributed by atoms with van der Waals surface area (Å²) >= 11 is 0. The molecule has 0 aromatic heterocycles. The lowest BCUT2D eigenvalue weighted by Gasteiger charge is -2.33. The van der Waals surface area contributed by atoms with Crippen LogP contribution in [0.2, 0.25) is 13.1 Å². The molecule has 2 rings (SSSR count). The Morgan fingerprint density at radius 3 is 2.43 bits per heavy atom. The normalized spacial score (nSPS) is 20.4. The van der Waals surface area contributed by atoms with E-state index in [1.807, 2.05) is 47.7 Å². The van der Waals surface area contributed by atoms with Gasteiger partial charge in [0.15, 0.2) is 5.79 Å². The first-order chi connectivity index (χ1) is 12.8. The minimum atomic E-state index is -1.06. The van der Waals surface area contributed by atoms with Crippen LogP contribution in [0.5, 0.6) is 5.75 Å². The Morgan fingerprint density at radius 1 is 1.36 bits per heavy atom. The zero-order valence-corrected chi connectivity index (χ0v) is 19.1. The zero-order valence-electron chi connectivity index (χ0n) is 18.1. The summed E-state index contributed by atoms with van der Waals surface area (Å²) in [5.74, 6) is -0.0389. The monoisotopic (exact) mass is 410 g/mol. The lowest BCUT2D eigenvalue weighted by molar-refractivity contribution is -0.386. The highest BCUT2D eigenvalue weighted by molar-refractivity contribution is 6.48. The summed E-state index contributed by atoms with van der Waals surface area (Å²) in [5, 5.41) is 11.9. The van der Waals surface area contributed by atoms with E-state index in [-0.39, 0.29) is 22.1 Å². The van der Waals surface area contributed by atoms with Crippen LogP contribution in [-0.2, 0) is 20.3 Å². The van der Waals surface area contributed by atoms with Crippen molar-refractivity contribution in [2.75, 3.05) is 13.7 Å². The summed E-state index contributed by atoms with van der Waals surface area (Å²) in [7, 11) is 0.511. The van der Waals surface area contributed by atoms with Gasteiger partial charge in [-0.05, 0) is 38.4 Å². The standard InChI is InChI=1S/C20H32NO6Si/c1-19(2,3)18(27-28(7)8)15-11-17(24-6)13(10-16(15)21(22)23)9-14-12-25-20(4,5)26-14/h10-11,14,18H,9,12H2,1-8H3. The summed E-state index contributed by atoms with van der Waals surface area (Å²) in [6.45, 7) is 14.3. The molecule has 0 bridgehead atoms. The Morgan fingerprint density at radius 2 is 2.00 bits per heavy atom. The molecule has 1 aromatic carbocycles. The first-order valence-corrected chi connectivity index (χ1v) is 11.9. The Bertz CT molecular complexity index is 713. The molecule has 2 unspecified atom stereocenters. The van der Waals surface area contributed by atoms with Gasteiger partial charge in [0, 0.05) is 18.1 Å². The highest BCUT2D eigenvalue weighted by Crippen LogP contribution is 2.43. The summed E-state index contributed by atoms with van der Waals surface area (Å²) in [6.07, 6.45) is -0.0967. The van der Waals surface area contributed by atoms with Crippen LogP contribution >= 0.6 is 0 Å². The van der Waals surface area contributed by atoms with Crippen molar-refractivity contribution in [3.63, 3.8) is 0 Å². The van der Waals surface area contributed by atoms with Crippen molar-refractivity contribution in [3.05, 3.63) is 33.4 Å². The third kappa shape index (κ3) is 5.53. The second kappa shape index (κ2) is 8.48. The van der Waals surface area contributed by atoms with E-state index in [0.29, 0.717) is 24.3 Å². The Kier molecular flexibility index (Phi) is 6.91. The lowest BCUT2D eigenvalue weighted by atomic mass is 9.83. The van der Waals surface area contributed by atoms with Crippen molar-refractivity contribution in [2.45, 2.75) is 72.1 Å². The molecule has 1 heterocycles. The molecule has 0 spiro atoms. The number of nitro benzene ring substituents is 1. The number of ether oxygens (including phenoxy) is 3. The van der Waals surface area contributed by atoms with Crippen LogP contribution in [0.15, 0.2) is 12.1 Å². The van der Waals surface area contributed by atoms with Gasteiger partial charge < -0.3 is 18.6 Å². The number of hydrogen-bond acceptors (Lipinski definition) is 6. The van der Waals surface area contributed by atoms with Crippen molar-refractivity contribution in [1.29, 1.82) is 0 Å². The number of benzene rings is 1. The molecule has 1 aliphatic heterocycles. The van der Waals surface area contributed by atoms with Crippen LogP contribution < -0.4 is 4.74 Å². The number of hydrogen-bond donors (Lipinski definition) is 0. The van der Waals surface area contributed by atoms with Crippen molar-refractivity contribution < 1.29 is 23.6 Å². The highest BCUT2D eigenvalue weighted by Gasteiger charge is 2.36. The molecule has 157 valence electrons. The summed E-state index contributed by atoms with van der Waals surface area (Å²) in [5.41, 5.74) is 1.03. The molecule has 0 amide bonds. The minimum Gasteiger partial charge on any atom is -0.496 e. The lowest BCUT2D eigenvalue weighted by Crippen LogP contribution is -2.27. The molecule has 0 saturated carbocycles. The number of rotatable bonds is 7. The van der Waals surface area contributed by atoms with Gasteiger partial charge in [-0.2, -0.15) is 0 Å². The van der Waals surface area contributed by atoms with Gasteiger partial charge in [-0.1, -0.05) is 20.8 Å². The van der Waals surface area contributed by atoms with E-state index in [2.05, 4.69) is 0 Å². The molecule has 7 nitrogen and oxygen atoms in total. The molecule has 2 atom stereocenters. The van der Waals surface area contributed by atoms with Crippen LogP contribution in [0.4, 0.5) is 5.69 Å². The second-order valence-electron chi connectivity index (χ2n) is 8.91. The van der Waals surface area contributed by atoms with Crippen LogP contribution in [-0.4, -0.2) is 39.6 Å². The van der Waals surface area contributed by atoms with Gasteiger partial charge in [0.05, 0.1) is 36.4 Å². The van der Waals surface area contributed by atoms with E-state index < -0.39 is 20.9 Å². The molecule has 0 N–H and O–H groups in total. The molecule has 8 heteroatoms. The minimum absolute atomic E-state index is 0.0529. The molecule has 28 heavy (non-hydrogen) atoms. The molecule has 1 aliphatic rings. The third-order valence-corrected chi connectivity index (χ3v) is 5.27. The maximum absolute atomic E-state index is 11.9. The van der Waals surface area contributed by atoms with E-state index in [4.69, 9.17) is 18.6 Å². The largest absolute Gasteiger partial charge is 0.496 e. The van der Waals surface area contributed by atoms with Gasteiger partial charge in [0.25, 0.3) is 5.69 Å². The summed E-state index contributed by atoms with van der Waals surface area (Å²) in [4.78, 5) is 11.6. The molecule has 1 radical (unpaired) electrons. The van der Waals surface area contributed by atoms with Crippen molar-refractivity contribution in [1.82, 2.24) is 0 Å². The third-order valence-electron chi connectivity index (χ3n) is 4.56. The summed E-state index contributed by atoms with van der Waals surface area (Å²) < 4.78 is 23.3. The average Bonchev–Trinajstić information content (AvgIpc) is 2.89. The van der Waals surface area contributed by atoms with Crippen LogP contribution in [0.3, 0.4) is 0 Å². The molecular weight excluding hydrogens is 378 g/mol. The number of nitro groups is 1. The van der Waals surface area contributed by atoms with E-state index in [0.717, 1.165) is 5.56 Å². The Hall–Kier alpha value is -1.48. The van der Waals surface area contributed by atoms with Gasteiger partial charge in [-0.15, -0.1) is 0 Å². The summed E-state index contributed by atoms with van der Waals surface area (Å²) in [6, 6.07) is 3.36. The van der Waals surface area contributed by atoms with Gasteiger partial charge in [-0.25, -0.2) is 0 Å². The molecule has 0 aliphatic carbocycles. The van der Waals surface area contributed by atoms with Crippen LogP contribution in [0.1, 0.15) is 51.8 Å². The van der Waals surface area contributed by atoms with Gasteiger partial charge in [0.2, 0.25) is 9.04 Å². The molecule has 1 fully saturated rings. The highest BCUT2D eigenvalue weighted by atomic mass is 28.3. The van der Waals surface area contributed by atoms with E-state index >= 15 is 0 Å². The number of methoxy groups -OCH3 is 1. The van der Waals surface area contributed by atoms with Crippen LogP contribution in [0.25, 0.3) is 0 Å².